The summed E-state index contributed by atoms with van der Waals surface area (Å²) in [5.74, 6) is -0.878. The van der Waals surface area contributed by atoms with E-state index in [1.54, 1.807) is 0 Å². The Labute approximate surface area is 115 Å². The fourth-order valence-corrected chi connectivity index (χ4v) is 1.59. The van der Waals surface area contributed by atoms with Gasteiger partial charge in [0.15, 0.2) is 11.6 Å². The molecule has 0 radical (unpaired) electrons. The SMILES string of the molecule is Cc1cc(Oc2cnc(Br)cn2)c(F)cc1[N+](=O)[O-]. The molecule has 1 aromatic heterocycles. The first-order valence-corrected chi connectivity index (χ1v) is 5.86. The van der Waals surface area contributed by atoms with Crippen molar-refractivity contribution in [1.82, 2.24) is 9.97 Å². The van der Waals surface area contributed by atoms with E-state index in [1.165, 1.54) is 25.4 Å². The van der Waals surface area contributed by atoms with Crippen LogP contribution in [-0.4, -0.2) is 14.9 Å². The molecule has 0 N–H and O–H groups in total. The molecule has 0 spiro atoms. The van der Waals surface area contributed by atoms with Crippen LogP contribution >= 0.6 is 15.9 Å². The monoisotopic (exact) mass is 327 g/mol. The van der Waals surface area contributed by atoms with E-state index in [1.807, 2.05) is 0 Å². The summed E-state index contributed by atoms with van der Waals surface area (Å²) in [6, 6.07) is 2.06. The molecule has 0 bridgehead atoms. The highest BCUT2D eigenvalue weighted by molar-refractivity contribution is 9.10. The number of aryl methyl sites for hydroxylation is 1. The van der Waals surface area contributed by atoms with Gasteiger partial charge < -0.3 is 4.74 Å². The molecule has 6 nitrogen and oxygen atoms in total. The Bertz CT molecular complexity index is 634. The highest BCUT2D eigenvalue weighted by Gasteiger charge is 2.17. The van der Waals surface area contributed by atoms with Crippen molar-refractivity contribution in [2.45, 2.75) is 6.92 Å². The van der Waals surface area contributed by atoms with Gasteiger partial charge in [0.05, 0.1) is 23.4 Å². The first-order valence-electron chi connectivity index (χ1n) is 5.07. The first-order chi connectivity index (χ1) is 8.97. The molecule has 0 atom stereocenters. The summed E-state index contributed by atoms with van der Waals surface area (Å²) in [5.41, 5.74) is -0.00166. The first kappa shape index (κ1) is 13.3. The van der Waals surface area contributed by atoms with Crippen LogP contribution in [0.2, 0.25) is 0 Å². The van der Waals surface area contributed by atoms with Crippen molar-refractivity contribution in [3.63, 3.8) is 0 Å². The minimum atomic E-state index is -0.831. The van der Waals surface area contributed by atoms with E-state index in [4.69, 9.17) is 4.74 Å². The van der Waals surface area contributed by atoms with Crippen LogP contribution < -0.4 is 4.74 Å². The molecule has 2 aromatic rings. The van der Waals surface area contributed by atoms with Crippen LogP contribution in [0.15, 0.2) is 29.1 Å². The Morgan fingerprint density at radius 2 is 2.11 bits per heavy atom. The van der Waals surface area contributed by atoms with Crippen molar-refractivity contribution in [3.05, 3.63) is 50.6 Å². The number of benzene rings is 1. The van der Waals surface area contributed by atoms with E-state index in [0.29, 0.717) is 10.2 Å². The number of rotatable bonds is 3. The molecular weight excluding hydrogens is 321 g/mol. The molecule has 1 heterocycles. The number of halogens is 2. The Hall–Kier alpha value is -2.09. The summed E-state index contributed by atoms with van der Waals surface area (Å²) in [6.07, 6.45) is 2.70. The highest BCUT2D eigenvalue weighted by atomic mass is 79.9. The van der Waals surface area contributed by atoms with E-state index in [-0.39, 0.29) is 17.3 Å². The predicted molar refractivity (Wildman–Crippen MR) is 67.6 cm³/mol. The number of nitro groups is 1. The van der Waals surface area contributed by atoms with Crippen molar-refractivity contribution >= 4 is 21.6 Å². The van der Waals surface area contributed by atoms with Gasteiger partial charge in [0.1, 0.15) is 4.60 Å². The maximum absolute atomic E-state index is 13.7. The van der Waals surface area contributed by atoms with E-state index in [9.17, 15) is 14.5 Å². The average molecular weight is 328 g/mol. The Morgan fingerprint density at radius 3 is 2.68 bits per heavy atom. The Morgan fingerprint density at radius 1 is 1.37 bits per heavy atom. The second-order valence-electron chi connectivity index (χ2n) is 3.61. The van der Waals surface area contributed by atoms with Crippen LogP contribution in [-0.2, 0) is 0 Å². The second kappa shape index (κ2) is 5.27. The highest BCUT2D eigenvalue weighted by Crippen LogP contribution is 2.29. The summed E-state index contributed by atoms with van der Waals surface area (Å²) in [4.78, 5) is 17.7. The van der Waals surface area contributed by atoms with E-state index in [0.717, 1.165) is 6.07 Å². The molecule has 0 saturated heterocycles. The van der Waals surface area contributed by atoms with Crippen LogP contribution in [0.25, 0.3) is 0 Å². The fourth-order valence-electron chi connectivity index (χ4n) is 1.39. The normalized spacial score (nSPS) is 10.3. The van der Waals surface area contributed by atoms with Gasteiger partial charge in [-0.3, -0.25) is 10.1 Å². The predicted octanol–water partition coefficient (Wildman–Crippen LogP) is 3.39. The van der Waals surface area contributed by atoms with Gasteiger partial charge in [-0.15, -0.1) is 0 Å². The summed E-state index contributed by atoms with van der Waals surface area (Å²) in [6.45, 7) is 1.50. The van der Waals surface area contributed by atoms with Crippen molar-refractivity contribution in [1.29, 1.82) is 0 Å². The molecule has 19 heavy (non-hydrogen) atoms. The zero-order chi connectivity index (χ0) is 14.0. The van der Waals surface area contributed by atoms with Gasteiger partial charge in [-0.25, -0.2) is 14.4 Å². The molecule has 0 aliphatic rings. The maximum Gasteiger partial charge on any atom is 0.275 e. The lowest BCUT2D eigenvalue weighted by Crippen LogP contribution is -1.97. The minimum absolute atomic E-state index is 0.0929. The van der Waals surface area contributed by atoms with E-state index < -0.39 is 10.7 Å². The van der Waals surface area contributed by atoms with Gasteiger partial charge in [-0.05, 0) is 28.9 Å². The van der Waals surface area contributed by atoms with Crippen molar-refractivity contribution in [2.24, 2.45) is 0 Å². The lowest BCUT2D eigenvalue weighted by Gasteiger charge is -2.06. The van der Waals surface area contributed by atoms with Gasteiger partial charge in [0.2, 0.25) is 5.88 Å². The summed E-state index contributed by atoms with van der Waals surface area (Å²) < 4.78 is 19.4. The molecule has 0 aliphatic carbocycles. The van der Waals surface area contributed by atoms with Gasteiger partial charge in [-0.2, -0.15) is 0 Å². The molecule has 98 valence electrons. The van der Waals surface area contributed by atoms with Crippen molar-refractivity contribution < 1.29 is 14.1 Å². The molecule has 2 rings (SSSR count). The average Bonchev–Trinajstić information content (AvgIpc) is 2.35. The molecule has 8 heteroatoms. The van der Waals surface area contributed by atoms with Gasteiger partial charge in [0, 0.05) is 5.56 Å². The maximum atomic E-state index is 13.7. The molecule has 0 unspecified atom stereocenters. The van der Waals surface area contributed by atoms with Gasteiger partial charge >= 0.3 is 0 Å². The largest absolute Gasteiger partial charge is 0.434 e. The van der Waals surface area contributed by atoms with Crippen LogP contribution in [0.5, 0.6) is 11.6 Å². The third-order valence-electron chi connectivity index (χ3n) is 2.26. The van der Waals surface area contributed by atoms with E-state index in [2.05, 4.69) is 25.9 Å². The topological polar surface area (TPSA) is 78.2 Å². The number of ether oxygens (including phenoxy) is 1. The smallest absolute Gasteiger partial charge is 0.275 e. The number of hydrogen-bond donors (Lipinski definition) is 0. The molecule has 0 aliphatic heterocycles. The fraction of sp³-hybridized carbons (Fsp3) is 0.0909. The van der Waals surface area contributed by atoms with Crippen molar-refractivity contribution in [2.75, 3.05) is 0 Å². The minimum Gasteiger partial charge on any atom is -0.434 e. The van der Waals surface area contributed by atoms with Crippen LogP contribution in [0.3, 0.4) is 0 Å². The van der Waals surface area contributed by atoms with Gasteiger partial charge in [0.25, 0.3) is 5.69 Å². The lowest BCUT2D eigenvalue weighted by molar-refractivity contribution is -0.385. The third kappa shape index (κ3) is 3.02. The Kier molecular flexibility index (Phi) is 3.70. The summed E-state index contributed by atoms with van der Waals surface area (Å²) in [7, 11) is 0. The molecular formula is C11H7BrFN3O3. The quantitative estimate of drug-likeness (QED) is 0.637. The zero-order valence-corrected chi connectivity index (χ0v) is 11.2. The number of nitrogens with zero attached hydrogens (tertiary/aromatic N) is 3. The number of aromatic nitrogens is 2. The second-order valence-corrected chi connectivity index (χ2v) is 4.42. The number of nitro benzene ring substituents is 1. The number of hydrogen-bond acceptors (Lipinski definition) is 5. The zero-order valence-electron chi connectivity index (χ0n) is 9.63. The Balaban J connectivity index is 2.33. The van der Waals surface area contributed by atoms with Crippen LogP contribution in [0.1, 0.15) is 5.56 Å². The summed E-state index contributed by atoms with van der Waals surface area (Å²) >= 11 is 3.10. The molecule has 0 saturated carbocycles. The van der Waals surface area contributed by atoms with Crippen LogP contribution in [0, 0.1) is 22.9 Å². The molecule has 0 amide bonds. The van der Waals surface area contributed by atoms with E-state index >= 15 is 0 Å². The molecule has 1 aromatic carbocycles. The van der Waals surface area contributed by atoms with Crippen LogP contribution in [0.4, 0.5) is 10.1 Å². The van der Waals surface area contributed by atoms with Crippen molar-refractivity contribution in [3.8, 4) is 11.6 Å². The summed E-state index contributed by atoms with van der Waals surface area (Å²) in [5, 5.41) is 10.7. The van der Waals surface area contributed by atoms with Gasteiger partial charge in [-0.1, -0.05) is 0 Å². The lowest BCUT2D eigenvalue weighted by atomic mass is 10.2. The third-order valence-corrected chi connectivity index (χ3v) is 2.67. The molecule has 0 fully saturated rings. The standard InChI is InChI=1S/C11H7BrFN3O3/c1-6-2-9(7(13)3-8(6)16(17)18)19-11-5-14-10(12)4-15-11/h2-5H,1H3.